The molecule has 0 aromatic heterocycles. The van der Waals surface area contributed by atoms with Crippen LogP contribution in [0.5, 0.6) is 0 Å². The number of rotatable bonds is 6. The predicted octanol–water partition coefficient (Wildman–Crippen LogP) is 0.314. The number of sulfone groups is 1. The molecule has 0 aliphatic rings. The van der Waals surface area contributed by atoms with Crippen LogP contribution >= 0.6 is 0 Å². The van der Waals surface area contributed by atoms with Crippen molar-refractivity contribution in [2.45, 2.75) is 46.2 Å². The highest BCUT2D eigenvalue weighted by Crippen LogP contribution is 1.99. The number of nitrogens with one attached hydrogen (secondary N) is 2. The van der Waals surface area contributed by atoms with Gasteiger partial charge < -0.3 is 10.6 Å². The summed E-state index contributed by atoms with van der Waals surface area (Å²) in [6.45, 7) is 9.34. The fourth-order valence-corrected chi connectivity index (χ4v) is 1.86. The second-order valence-electron chi connectivity index (χ2n) is 5.15. The first-order chi connectivity index (χ1) is 7.57. The summed E-state index contributed by atoms with van der Waals surface area (Å²) in [6.07, 6.45) is 0. The van der Waals surface area contributed by atoms with Gasteiger partial charge in [-0.25, -0.2) is 8.42 Å². The third-order valence-electron chi connectivity index (χ3n) is 2.19. The average Bonchev–Trinajstić information content (AvgIpc) is 2.14. The average molecular weight is 264 g/mol. The van der Waals surface area contributed by atoms with Gasteiger partial charge in [0.15, 0.2) is 9.84 Å². The Balaban J connectivity index is 4.03. The molecular formula is C11H24N2O3S. The van der Waals surface area contributed by atoms with Crippen LogP contribution in [0, 0.1) is 0 Å². The van der Waals surface area contributed by atoms with E-state index in [1.165, 1.54) is 0 Å². The number of hydrogen-bond acceptors (Lipinski definition) is 4. The van der Waals surface area contributed by atoms with Crippen molar-refractivity contribution in [1.82, 2.24) is 10.6 Å². The normalized spacial score (nSPS) is 14.4. The molecule has 0 radical (unpaired) electrons. The van der Waals surface area contributed by atoms with Gasteiger partial charge in [0.1, 0.15) is 0 Å². The molecule has 0 saturated carbocycles. The van der Waals surface area contributed by atoms with Crippen molar-refractivity contribution in [1.29, 1.82) is 0 Å². The molecular weight excluding hydrogens is 240 g/mol. The Hall–Kier alpha value is -0.620. The number of carbonyl (C=O) groups is 1. The van der Waals surface area contributed by atoms with Crippen LogP contribution in [0.3, 0.4) is 0 Å². The van der Waals surface area contributed by atoms with Crippen molar-refractivity contribution in [3.63, 3.8) is 0 Å². The van der Waals surface area contributed by atoms with Crippen LogP contribution in [0.2, 0.25) is 0 Å². The van der Waals surface area contributed by atoms with E-state index in [1.807, 2.05) is 20.8 Å². The van der Waals surface area contributed by atoms with Crippen molar-refractivity contribution in [2.24, 2.45) is 0 Å². The summed E-state index contributed by atoms with van der Waals surface area (Å²) in [4.78, 5) is 11.7. The van der Waals surface area contributed by atoms with Crippen LogP contribution in [-0.4, -0.2) is 44.0 Å². The Morgan fingerprint density at radius 2 is 1.82 bits per heavy atom. The lowest BCUT2D eigenvalue weighted by Crippen LogP contribution is -2.50. The monoisotopic (exact) mass is 264 g/mol. The van der Waals surface area contributed by atoms with E-state index in [4.69, 9.17) is 0 Å². The fourth-order valence-electron chi connectivity index (χ4n) is 1.15. The molecule has 17 heavy (non-hydrogen) atoms. The first kappa shape index (κ1) is 16.4. The molecule has 1 unspecified atom stereocenters. The van der Waals surface area contributed by atoms with E-state index in [0.717, 1.165) is 0 Å². The number of amides is 1. The minimum absolute atomic E-state index is 0.0661. The zero-order valence-electron chi connectivity index (χ0n) is 11.3. The Bertz CT molecular complexity index is 344. The molecule has 0 heterocycles. The predicted molar refractivity (Wildman–Crippen MR) is 69.7 cm³/mol. The van der Waals surface area contributed by atoms with Gasteiger partial charge >= 0.3 is 0 Å². The molecule has 2 N–H and O–H groups in total. The molecule has 6 heteroatoms. The zero-order valence-corrected chi connectivity index (χ0v) is 12.1. The fraction of sp³-hybridized carbons (Fsp3) is 0.909. The van der Waals surface area contributed by atoms with Gasteiger partial charge in [-0.05, 0) is 27.7 Å². The maximum Gasteiger partial charge on any atom is 0.237 e. The Morgan fingerprint density at radius 3 is 2.24 bits per heavy atom. The molecule has 0 rings (SSSR count). The Labute approximate surface area is 104 Å². The molecule has 0 aliphatic heterocycles. The summed E-state index contributed by atoms with van der Waals surface area (Å²) in [5.74, 6) is 0.0832. The molecule has 0 aliphatic carbocycles. The molecule has 0 spiro atoms. The highest BCUT2D eigenvalue weighted by atomic mass is 32.2. The lowest BCUT2D eigenvalue weighted by atomic mass is 10.1. The van der Waals surface area contributed by atoms with Crippen molar-refractivity contribution in [3.8, 4) is 0 Å². The quantitative estimate of drug-likeness (QED) is 0.724. The Morgan fingerprint density at radius 1 is 1.29 bits per heavy atom. The lowest BCUT2D eigenvalue weighted by molar-refractivity contribution is -0.124. The van der Waals surface area contributed by atoms with E-state index >= 15 is 0 Å². The molecule has 5 nitrogen and oxygen atoms in total. The second-order valence-corrected chi connectivity index (χ2v) is 7.62. The summed E-state index contributed by atoms with van der Waals surface area (Å²) >= 11 is 0. The van der Waals surface area contributed by atoms with Crippen LogP contribution in [0.15, 0.2) is 0 Å². The van der Waals surface area contributed by atoms with Gasteiger partial charge in [0.2, 0.25) is 5.91 Å². The molecule has 1 atom stereocenters. The highest BCUT2D eigenvalue weighted by molar-refractivity contribution is 7.91. The highest BCUT2D eigenvalue weighted by Gasteiger charge is 2.19. The van der Waals surface area contributed by atoms with E-state index in [2.05, 4.69) is 10.6 Å². The maximum absolute atomic E-state index is 11.7. The topological polar surface area (TPSA) is 75.3 Å². The van der Waals surface area contributed by atoms with E-state index < -0.39 is 9.84 Å². The molecule has 0 bridgehead atoms. The van der Waals surface area contributed by atoms with Crippen molar-refractivity contribution in [3.05, 3.63) is 0 Å². The lowest BCUT2D eigenvalue weighted by Gasteiger charge is -2.23. The minimum atomic E-state index is -2.97. The third-order valence-corrected chi connectivity index (χ3v) is 3.90. The van der Waals surface area contributed by atoms with Gasteiger partial charge in [-0.3, -0.25) is 4.79 Å². The van der Waals surface area contributed by atoms with Gasteiger partial charge in [-0.2, -0.15) is 0 Å². The van der Waals surface area contributed by atoms with Crippen molar-refractivity contribution >= 4 is 15.7 Å². The van der Waals surface area contributed by atoms with Gasteiger partial charge in [0.05, 0.1) is 11.8 Å². The third kappa shape index (κ3) is 8.15. The van der Waals surface area contributed by atoms with Crippen LogP contribution in [0.4, 0.5) is 0 Å². The largest absolute Gasteiger partial charge is 0.350 e. The van der Waals surface area contributed by atoms with Gasteiger partial charge in [-0.1, -0.05) is 6.92 Å². The van der Waals surface area contributed by atoms with Crippen LogP contribution in [0.1, 0.15) is 34.6 Å². The minimum Gasteiger partial charge on any atom is -0.350 e. The van der Waals surface area contributed by atoms with Gasteiger partial charge in [0.25, 0.3) is 0 Å². The van der Waals surface area contributed by atoms with E-state index in [-0.39, 0.29) is 29.0 Å². The molecule has 0 aromatic rings. The van der Waals surface area contributed by atoms with Gasteiger partial charge in [0, 0.05) is 17.8 Å². The zero-order chi connectivity index (χ0) is 13.7. The molecule has 0 aromatic carbocycles. The second kappa shape index (κ2) is 6.35. The number of carbonyl (C=O) groups excluding carboxylic acids is 1. The summed E-state index contributed by atoms with van der Waals surface area (Å²) in [5.41, 5.74) is -0.275. The molecule has 102 valence electrons. The first-order valence-corrected chi connectivity index (χ1v) is 7.65. The first-order valence-electron chi connectivity index (χ1n) is 5.83. The standard InChI is InChI=1S/C11H24N2O3S/c1-6-17(15,16)8-7-12-9(2)10(14)13-11(3,4)5/h9,12H,6-8H2,1-5H3,(H,13,14). The summed E-state index contributed by atoms with van der Waals surface area (Å²) < 4.78 is 22.5. The smallest absolute Gasteiger partial charge is 0.237 e. The van der Waals surface area contributed by atoms with Crippen molar-refractivity contribution < 1.29 is 13.2 Å². The number of hydrogen-bond donors (Lipinski definition) is 2. The summed E-state index contributed by atoms with van der Waals surface area (Å²) in [5, 5.41) is 5.73. The summed E-state index contributed by atoms with van der Waals surface area (Å²) in [6, 6.07) is -0.388. The van der Waals surface area contributed by atoms with E-state index in [1.54, 1.807) is 13.8 Å². The van der Waals surface area contributed by atoms with E-state index in [0.29, 0.717) is 6.54 Å². The molecule has 0 saturated heterocycles. The van der Waals surface area contributed by atoms with Gasteiger partial charge in [-0.15, -0.1) is 0 Å². The van der Waals surface area contributed by atoms with E-state index in [9.17, 15) is 13.2 Å². The van der Waals surface area contributed by atoms with Crippen LogP contribution in [-0.2, 0) is 14.6 Å². The SMILES string of the molecule is CCS(=O)(=O)CCNC(C)C(=O)NC(C)(C)C. The van der Waals surface area contributed by atoms with Crippen LogP contribution in [0.25, 0.3) is 0 Å². The van der Waals surface area contributed by atoms with Crippen LogP contribution < -0.4 is 10.6 Å². The van der Waals surface area contributed by atoms with Crippen molar-refractivity contribution in [2.75, 3.05) is 18.1 Å². The summed E-state index contributed by atoms with van der Waals surface area (Å²) in [7, 11) is -2.97. The molecule has 1 amide bonds. The maximum atomic E-state index is 11.7. The molecule has 0 fully saturated rings. The Kier molecular flexibility index (Phi) is 6.12.